The Bertz CT molecular complexity index is 567. The van der Waals surface area contributed by atoms with E-state index in [0.717, 1.165) is 11.4 Å². The fourth-order valence-corrected chi connectivity index (χ4v) is 2.20. The second-order valence-corrected chi connectivity index (χ2v) is 6.48. The van der Waals surface area contributed by atoms with Crippen LogP contribution < -0.4 is 5.32 Å². The van der Waals surface area contributed by atoms with Crippen LogP contribution in [-0.4, -0.2) is 20.3 Å². The zero-order chi connectivity index (χ0) is 14.8. The van der Waals surface area contributed by atoms with Crippen LogP contribution in [0.5, 0.6) is 0 Å². The Kier molecular flexibility index (Phi) is 4.68. The number of rotatable bonds is 4. The highest BCUT2D eigenvalue weighted by Gasteiger charge is 2.11. The number of nitrogens with one attached hydrogen (secondary N) is 1. The Labute approximate surface area is 129 Å². The zero-order valence-electron chi connectivity index (χ0n) is 11.8. The zero-order valence-corrected chi connectivity index (χ0v) is 13.3. The lowest BCUT2D eigenvalue weighted by atomic mass is 10.1. The number of hydrogen-bond donors (Lipinski definition) is 1. The molecule has 1 aromatic carbocycles. The lowest BCUT2D eigenvalue weighted by Crippen LogP contribution is -2.35. The van der Waals surface area contributed by atoms with Crippen LogP contribution in [0.15, 0.2) is 24.5 Å². The number of hydrogen-bond acceptors (Lipinski definition) is 3. The van der Waals surface area contributed by atoms with Crippen molar-refractivity contribution in [2.75, 3.05) is 0 Å². The molecule has 2 rings (SSSR count). The van der Waals surface area contributed by atoms with E-state index in [1.807, 2.05) is 18.2 Å². The number of nitrogens with zero attached hydrogens (tertiary/aromatic N) is 3. The SMILES string of the molecule is CC(C)(C)NCc1ncn(Cc2c(Cl)cccc2Cl)n1. The third-order valence-corrected chi connectivity index (χ3v) is 3.45. The van der Waals surface area contributed by atoms with Crippen molar-refractivity contribution in [3.8, 4) is 0 Å². The molecule has 6 heteroatoms. The van der Waals surface area contributed by atoms with E-state index in [1.54, 1.807) is 11.0 Å². The van der Waals surface area contributed by atoms with Crippen LogP contribution in [0, 0.1) is 0 Å². The van der Waals surface area contributed by atoms with Gasteiger partial charge in [0.1, 0.15) is 6.33 Å². The molecule has 0 bridgehead atoms. The fourth-order valence-electron chi connectivity index (χ4n) is 1.68. The molecular formula is C14H18Cl2N4. The normalized spacial score (nSPS) is 11.8. The summed E-state index contributed by atoms with van der Waals surface area (Å²) in [6, 6.07) is 5.47. The predicted octanol–water partition coefficient (Wildman–Crippen LogP) is 3.52. The molecule has 0 saturated heterocycles. The average molecular weight is 313 g/mol. The molecule has 4 nitrogen and oxygen atoms in total. The first-order valence-corrected chi connectivity index (χ1v) is 7.17. The predicted molar refractivity (Wildman–Crippen MR) is 82.2 cm³/mol. The first-order valence-electron chi connectivity index (χ1n) is 6.41. The summed E-state index contributed by atoms with van der Waals surface area (Å²) < 4.78 is 1.74. The summed E-state index contributed by atoms with van der Waals surface area (Å²) in [6.07, 6.45) is 1.69. The maximum Gasteiger partial charge on any atom is 0.164 e. The second-order valence-electron chi connectivity index (χ2n) is 5.66. The van der Waals surface area contributed by atoms with E-state index in [-0.39, 0.29) is 5.54 Å². The molecule has 0 spiro atoms. The minimum Gasteiger partial charge on any atom is -0.305 e. The third-order valence-electron chi connectivity index (χ3n) is 2.74. The van der Waals surface area contributed by atoms with Crippen LogP contribution in [-0.2, 0) is 13.1 Å². The molecular weight excluding hydrogens is 295 g/mol. The van der Waals surface area contributed by atoms with Gasteiger partial charge in [0.25, 0.3) is 0 Å². The lowest BCUT2D eigenvalue weighted by Gasteiger charge is -2.19. The van der Waals surface area contributed by atoms with Crippen molar-refractivity contribution in [3.05, 3.63) is 46.0 Å². The lowest BCUT2D eigenvalue weighted by molar-refractivity contribution is 0.417. The van der Waals surface area contributed by atoms with Crippen molar-refractivity contribution < 1.29 is 0 Å². The summed E-state index contributed by atoms with van der Waals surface area (Å²) >= 11 is 12.3. The molecule has 0 aliphatic carbocycles. The van der Waals surface area contributed by atoms with Crippen molar-refractivity contribution in [2.45, 2.75) is 39.4 Å². The number of aromatic nitrogens is 3. The minimum absolute atomic E-state index is 0.0392. The van der Waals surface area contributed by atoms with Gasteiger partial charge in [0, 0.05) is 21.1 Å². The van der Waals surface area contributed by atoms with Crippen LogP contribution in [0.1, 0.15) is 32.2 Å². The molecule has 1 heterocycles. The topological polar surface area (TPSA) is 42.7 Å². The van der Waals surface area contributed by atoms with Crippen molar-refractivity contribution >= 4 is 23.2 Å². The van der Waals surface area contributed by atoms with Gasteiger partial charge in [-0.15, -0.1) is 0 Å². The summed E-state index contributed by atoms with van der Waals surface area (Å²) in [5.74, 6) is 0.753. The van der Waals surface area contributed by atoms with Gasteiger partial charge in [-0.05, 0) is 32.9 Å². The Morgan fingerprint density at radius 3 is 2.45 bits per heavy atom. The second kappa shape index (κ2) is 6.12. The van der Waals surface area contributed by atoms with Crippen molar-refractivity contribution in [1.29, 1.82) is 0 Å². The van der Waals surface area contributed by atoms with Gasteiger partial charge >= 0.3 is 0 Å². The molecule has 1 N–H and O–H groups in total. The summed E-state index contributed by atoms with van der Waals surface area (Å²) in [6.45, 7) is 7.46. The Hall–Kier alpha value is -1.10. The van der Waals surface area contributed by atoms with Crippen LogP contribution in [0.25, 0.3) is 0 Å². The Morgan fingerprint density at radius 1 is 1.20 bits per heavy atom. The van der Waals surface area contributed by atoms with Crippen LogP contribution in [0.3, 0.4) is 0 Å². The standard InChI is InChI=1S/C14H18Cl2N4/c1-14(2,3)18-7-13-17-9-20(19-13)8-10-11(15)5-4-6-12(10)16/h4-6,9,18H,7-8H2,1-3H3. The summed E-state index contributed by atoms with van der Waals surface area (Å²) in [5, 5.41) is 9.05. The highest BCUT2D eigenvalue weighted by molar-refractivity contribution is 6.35. The molecule has 0 amide bonds. The molecule has 0 atom stereocenters. The van der Waals surface area contributed by atoms with Gasteiger partial charge in [-0.2, -0.15) is 5.10 Å². The van der Waals surface area contributed by atoms with E-state index in [1.165, 1.54) is 0 Å². The number of benzene rings is 1. The van der Waals surface area contributed by atoms with Gasteiger partial charge in [-0.1, -0.05) is 29.3 Å². The largest absolute Gasteiger partial charge is 0.305 e. The highest BCUT2D eigenvalue weighted by Crippen LogP contribution is 2.24. The monoisotopic (exact) mass is 312 g/mol. The van der Waals surface area contributed by atoms with Gasteiger partial charge < -0.3 is 5.32 Å². The maximum atomic E-state index is 6.15. The van der Waals surface area contributed by atoms with E-state index in [0.29, 0.717) is 23.1 Å². The van der Waals surface area contributed by atoms with Crippen molar-refractivity contribution in [2.24, 2.45) is 0 Å². The van der Waals surface area contributed by atoms with Crippen molar-refractivity contribution in [3.63, 3.8) is 0 Å². The first-order chi connectivity index (χ1) is 9.35. The smallest absolute Gasteiger partial charge is 0.164 e. The van der Waals surface area contributed by atoms with E-state index in [9.17, 15) is 0 Å². The first kappa shape index (κ1) is 15.3. The summed E-state index contributed by atoms with van der Waals surface area (Å²) in [7, 11) is 0. The van der Waals surface area contributed by atoms with E-state index >= 15 is 0 Å². The van der Waals surface area contributed by atoms with Gasteiger partial charge in [-0.25, -0.2) is 9.67 Å². The van der Waals surface area contributed by atoms with E-state index in [4.69, 9.17) is 23.2 Å². The van der Waals surface area contributed by atoms with Crippen LogP contribution in [0.4, 0.5) is 0 Å². The Balaban J connectivity index is 2.06. The highest BCUT2D eigenvalue weighted by atomic mass is 35.5. The van der Waals surface area contributed by atoms with Gasteiger partial charge in [0.15, 0.2) is 5.82 Å². The summed E-state index contributed by atoms with van der Waals surface area (Å²) in [5.41, 5.74) is 0.897. The van der Waals surface area contributed by atoms with Gasteiger partial charge in [0.05, 0.1) is 13.1 Å². The molecule has 108 valence electrons. The minimum atomic E-state index is 0.0392. The summed E-state index contributed by atoms with van der Waals surface area (Å²) in [4.78, 5) is 4.28. The third kappa shape index (κ3) is 4.20. The molecule has 2 aromatic rings. The van der Waals surface area contributed by atoms with Gasteiger partial charge in [0.2, 0.25) is 0 Å². The number of halogens is 2. The maximum absolute atomic E-state index is 6.15. The molecule has 0 unspecified atom stereocenters. The van der Waals surface area contributed by atoms with Gasteiger partial charge in [-0.3, -0.25) is 0 Å². The van der Waals surface area contributed by atoms with E-state index < -0.39 is 0 Å². The quantitative estimate of drug-likeness (QED) is 0.939. The molecule has 0 saturated carbocycles. The van der Waals surface area contributed by atoms with Crippen molar-refractivity contribution in [1.82, 2.24) is 20.1 Å². The molecule has 20 heavy (non-hydrogen) atoms. The van der Waals surface area contributed by atoms with E-state index in [2.05, 4.69) is 36.2 Å². The molecule has 0 fully saturated rings. The fraction of sp³-hybridized carbons (Fsp3) is 0.429. The Morgan fingerprint density at radius 2 is 1.85 bits per heavy atom. The molecule has 0 radical (unpaired) electrons. The average Bonchev–Trinajstić information content (AvgIpc) is 2.79. The molecule has 0 aliphatic rings. The molecule has 1 aromatic heterocycles. The van der Waals surface area contributed by atoms with Crippen LogP contribution in [0.2, 0.25) is 10.0 Å². The molecule has 0 aliphatic heterocycles. The van der Waals surface area contributed by atoms with Crippen LogP contribution >= 0.6 is 23.2 Å².